The Balaban J connectivity index is 2.55. The molecule has 1 aromatic rings. The Morgan fingerprint density at radius 3 is 2.32 bits per heavy atom. The van der Waals surface area contributed by atoms with Crippen molar-refractivity contribution >= 4 is 5.57 Å². The summed E-state index contributed by atoms with van der Waals surface area (Å²) < 4.78 is 0. The van der Waals surface area contributed by atoms with Gasteiger partial charge in [0.1, 0.15) is 0 Å². The summed E-state index contributed by atoms with van der Waals surface area (Å²) in [6.45, 7) is 18.8. The van der Waals surface area contributed by atoms with Crippen LogP contribution in [0.15, 0.2) is 127 Å². The molecule has 1 spiro atoms. The molecule has 0 amide bonds. The smallest absolute Gasteiger partial charge is 0.0721 e. The van der Waals surface area contributed by atoms with Gasteiger partial charge >= 0.3 is 0 Å². The van der Waals surface area contributed by atoms with Gasteiger partial charge in [-0.1, -0.05) is 98.7 Å². The molecule has 0 heteroatoms. The highest BCUT2D eigenvalue weighted by molar-refractivity contribution is 5.91. The lowest BCUT2D eigenvalue weighted by Gasteiger charge is -2.33. The number of allylic oxidation sites excluding steroid dienone is 15. The zero-order valence-electron chi connectivity index (χ0n) is 17.1. The van der Waals surface area contributed by atoms with Crippen molar-refractivity contribution in [1.82, 2.24) is 0 Å². The minimum atomic E-state index is -0.382. The molecule has 0 aromatic heterocycles. The fraction of sp³-hybridized carbons (Fsp3) is 0.143. The summed E-state index contributed by atoms with van der Waals surface area (Å²) in [5.74, 6) is 0. The molecule has 0 aliphatic heterocycles. The maximum Gasteiger partial charge on any atom is 0.0721 e. The average molecular weight is 365 g/mol. The van der Waals surface area contributed by atoms with Gasteiger partial charge in [0, 0.05) is 0 Å². The van der Waals surface area contributed by atoms with Crippen LogP contribution in [0.25, 0.3) is 5.57 Å². The summed E-state index contributed by atoms with van der Waals surface area (Å²) in [6.07, 6.45) is 18.7. The van der Waals surface area contributed by atoms with Crippen LogP contribution in [0.1, 0.15) is 31.9 Å². The first-order chi connectivity index (χ1) is 13.6. The highest BCUT2D eigenvalue weighted by atomic mass is 14.5. The normalized spacial score (nSPS) is 23.4. The van der Waals surface area contributed by atoms with Crippen LogP contribution in [0.5, 0.6) is 0 Å². The summed E-state index contributed by atoms with van der Waals surface area (Å²) in [4.78, 5) is 0. The zero-order valence-corrected chi connectivity index (χ0v) is 17.1. The number of benzene rings is 1. The minimum absolute atomic E-state index is 0.382. The van der Waals surface area contributed by atoms with Gasteiger partial charge in [0.25, 0.3) is 0 Å². The van der Waals surface area contributed by atoms with Crippen molar-refractivity contribution in [2.75, 3.05) is 0 Å². The highest BCUT2D eigenvalue weighted by Gasteiger charge is 2.52. The fourth-order valence-electron chi connectivity index (χ4n) is 4.62. The summed E-state index contributed by atoms with van der Waals surface area (Å²) in [5, 5.41) is 0. The van der Waals surface area contributed by atoms with Gasteiger partial charge in [0.05, 0.1) is 5.41 Å². The van der Waals surface area contributed by atoms with E-state index in [1.54, 1.807) is 0 Å². The predicted octanol–water partition coefficient (Wildman–Crippen LogP) is 7.58. The van der Waals surface area contributed by atoms with Gasteiger partial charge in [-0.2, -0.15) is 0 Å². The molecule has 2 aliphatic carbocycles. The van der Waals surface area contributed by atoms with Gasteiger partial charge in [-0.15, -0.1) is 0 Å². The molecule has 0 radical (unpaired) electrons. The van der Waals surface area contributed by atoms with Crippen LogP contribution in [0, 0.1) is 0 Å². The van der Waals surface area contributed by atoms with E-state index in [1.165, 1.54) is 33.4 Å². The molecule has 28 heavy (non-hydrogen) atoms. The van der Waals surface area contributed by atoms with Crippen molar-refractivity contribution in [1.29, 1.82) is 0 Å². The van der Waals surface area contributed by atoms with Crippen LogP contribution in [-0.2, 0) is 5.41 Å². The summed E-state index contributed by atoms with van der Waals surface area (Å²) in [6, 6.07) is 8.71. The number of hydrogen-bond acceptors (Lipinski definition) is 0. The van der Waals surface area contributed by atoms with Crippen LogP contribution in [0.2, 0.25) is 0 Å². The van der Waals surface area contributed by atoms with Crippen LogP contribution in [0.3, 0.4) is 0 Å². The van der Waals surface area contributed by atoms with Gasteiger partial charge in [-0.25, -0.2) is 0 Å². The van der Waals surface area contributed by atoms with Gasteiger partial charge in [-0.05, 0) is 65.3 Å². The molecule has 1 atom stereocenters. The van der Waals surface area contributed by atoms with E-state index in [4.69, 9.17) is 0 Å². The van der Waals surface area contributed by atoms with Crippen molar-refractivity contribution in [3.8, 4) is 0 Å². The van der Waals surface area contributed by atoms with Crippen LogP contribution in [-0.4, -0.2) is 0 Å². The molecule has 0 saturated carbocycles. The highest BCUT2D eigenvalue weighted by Crippen LogP contribution is 2.62. The monoisotopic (exact) mass is 364 g/mol. The molecule has 0 nitrogen and oxygen atoms in total. The zero-order chi connectivity index (χ0) is 20.3. The van der Waals surface area contributed by atoms with E-state index in [1.807, 2.05) is 25.2 Å². The van der Waals surface area contributed by atoms with Crippen molar-refractivity contribution in [2.45, 2.75) is 26.2 Å². The van der Waals surface area contributed by atoms with E-state index >= 15 is 0 Å². The molecule has 0 N–H and O–H groups in total. The molecule has 0 saturated heterocycles. The summed E-state index contributed by atoms with van der Waals surface area (Å²) in [5.41, 5.74) is 9.37. The van der Waals surface area contributed by atoms with Gasteiger partial charge < -0.3 is 0 Å². The summed E-state index contributed by atoms with van der Waals surface area (Å²) >= 11 is 0. The van der Waals surface area contributed by atoms with E-state index in [2.05, 4.69) is 94.3 Å². The lowest BCUT2D eigenvalue weighted by Crippen LogP contribution is -2.27. The van der Waals surface area contributed by atoms with Crippen LogP contribution >= 0.6 is 0 Å². The largest absolute Gasteiger partial charge is 0.0991 e. The molecule has 0 heterocycles. The molecule has 3 rings (SSSR count). The Morgan fingerprint density at radius 1 is 0.929 bits per heavy atom. The van der Waals surface area contributed by atoms with Crippen molar-refractivity contribution in [3.63, 3.8) is 0 Å². The van der Waals surface area contributed by atoms with Crippen LogP contribution in [0.4, 0.5) is 0 Å². The molecular weight excluding hydrogens is 336 g/mol. The van der Waals surface area contributed by atoms with Crippen molar-refractivity contribution in [3.05, 3.63) is 138 Å². The molecule has 140 valence electrons. The van der Waals surface area contributed by atoms with E-state index in [0.717, 1.165) is 11.1 Å². The van der Waals surface area contributed by atoms with Gasteiger partial charge in [0.2, 0.25) is 0 Å². The summed E-state index contributed by atoms with van der Waals surface area (Å²) in [7, 11) is 0. The topological polar surface area (TPSA) is 0 Å². The Labute approximate surface area is 169 Å². The van der Waals surface area contributed by atoms with Crippen molar-refractivity contribution < 1.29 is 0 Å². The second-order valence-electron chi connectivity index (χ2n) is 7.05. The number of hydrogen-bond donors (Lipinski definition) is 0. The first-order valence-corrected chi connectivity index (χ1v) is 9.72. The second-order valence-corrected chi connectivity index (χ2v) is 7.05. The molecular formula is C28H28. The van der Waals surface area contributed by atoms with E-state index < -0.39 is 0 Å². The Hall–Kier alpha value is -3.12. The molecule has 2 aliphatic rings. The fourth-order valence-corrected chi connectivity index (χ4v) is 4.62. The third-order valence-electron chi connectivity index (χ3n) is 5.68. The van der Waals surface area contributed by atoms with Gasteiger partial charge in [-0.3, -0.25) is 0 Å². The average Bonchev–Trinajstić information content (AvgIpc) is 3.09. The molecule has 0 bridgehead atoms. The third-order valence-corrected chi connectivity index (χ3v) is 5.68. The standard InChI is InChI=1S/C28H28/c1-7-11-17-24-20(5)22(10-4)26(15-9-3)28(24)25(18-12-8-2)21(6)23-16-13-14-19-27(23)28/h7-19H,2,4-5H2,1,3,6H3/b11-7-,15-9-,18-12-,24-17+. The van der Waals surface area contributed by atoms with E-state index in [-0.39, 0.29) is 5.41 Å². The number of fused-ring (bicyclic) bond motifs is 2. The first kappa shape index (κ1) is 19.6. The van der Waals surface area contributed by atoms with E-state index in [9.17, 15) is 0 Å². The Bertz CT molecular complexity index is 1030. The predicted molar refractivity (Wildman–Crippen MR) is 124 cm³/mol. The SMILES string of the molecule is C=C/C=C\C1=C(C)c2ccccc2C12C(/C=C\C)=C(C=C)C(=C)/C2=C\C=C/C. The molecule has 0 fully saturated rings. The lowest BCUT2D eigenvalue weighted by molar-refractivity contribution is 0.775. The van der Waals surface area contributed by atoms with Crippen molar-refractivity contribution in [2.24, 2.45) is 0 Å². The quantitative estimate of drug-likeness (QED) is 0.472. The lowest BCUT2D eigenvalue weighted by atomic mass is 9.68. The third kappa shape index (κ3) is 2.60. The van der Waals surface area contributed by atoms with Crippen LogP contribution < -0.4 is 0 Å². The maximum absolute atomic E-state index is 4.47. The second kappa shape index (κ2) is 7.86. The Kier molecular flexibility index (Phi) is 5.51. The minimum Gasteiger partial charge on any atom is -0.0991 e. The Morgan fingerprint density at radius 2 is 1.68 bits per heavy atom. The first-order valence-electron chi connectivity index (χ1n) is 9.72. The molecule has 1 unspecified atom stereocenters. The number of rotatable bonds is 5. The van der Waals surface area contributed by atoms with E-state index in [0.29, 0.717) is 0 Å². The maximum atomic E-state index is 4.47. The molecule has 1 aromatic carbocycles. The van der Waals surface area contributed by atoms with Gasteiger partial charge in [0.15, 0.2) is 0 Å².